The Kier molecular flexibility index (Phi) is 7.28. The zero-order valence-electron chi connectivity index (χ0n) is 12.4. The van der Waals surface area contributed by atoms with Crippen LogP contribution in [0.25, 0.3) is 0 Å². The Bertz CT molecular complexity index is 689. The van der Waals surface area contributed by atoms with Gasteiger partial charge in [-0.3, -0.25) is 0 Å². The normalized spacial score (nSPS) is 11.0. The number of nitrogens with two attached hydrogens (primary N) is 1. The van der Waals surface area contributed by atoms with Crippen molar-refractivity contribution >= 4 is 51.6 Å². The van der Waals surface area contributed by atoms with Gasteiger partial charge in [-0.05, 0) is 70.7 Å². The van der Waals surface area contributed by atoms with Crippen molar-refractivity contribution in [2.45, 2.75) is 20.4 Å². The zero-order chi connectivity index (χ0) is 15.4. The van der Waals surface area contributed by atoms with Crippen LogP contribution >= 0.6 is 39.9 Å². The number of anilines is 1. The number of hydrogen-bond donors (Lipinski definition) is 2. The molecule has 0 radical (unpaired) electrons. The number of aryl methyl sites for hydroxylation is 2. The van der Waals surface area contributed by atoms with Gasteiger partial charge in [0.1, 0.15) is 5.82 Å². The van der Waals surface area contributed by atoms with E-state index >= 15 is 0 Å². The Morgan fingerprint density at radius 3 is 2.55 bits per heavy atom. The van der Waals surface area contributed by atoms with Crippen molar-refractivity contribution in [1.29, 1.82) is 0 Å². The topological polar surface area (TPSA) is 50.4 Å². The molecule has 22 heavy (non-hydrogen) atoms. The fourth-order valence-corrected chi connectivity index (χ4v) is 2.07. The van der Waals surface area contributed by atoms with Crippen LogP contribution in [0.2, 0.25) is 0 Å². The van der Waals surface area contributed by atoms with E-state index in [1.165, 1.54) is 17.2 Å². The second-order valence-electron chi connectivity index (χ2n) is 4.87. The fraction of sp³-hybridized carbons (Fsp3) is 0.188. The molecule has 0 bridgehead atoms. The first-order valence-corrected chi connectivity index (χ1v) is 7.33. The number of nitrogens with one attached hydrogen (secondary N) is 1. The Morgan fingerprint density at radius 2 is 1.91 bits per heavy atom. The number of guanidine groups is 1. The second-order valence-corrected chi connectivity index (χ2v) is 5.73. The SMILES string of the molecule is Cc1ccc(NC(N)=NCc2ccc(Br)c(F)c2)cc1C.I. The van der Waals surface area contributed by atoms with Gasteiger partial charge in [0.05, 0.1) is 11.0 Å². The molecule has 2 aromatic carbocycles. The second kappa shape index (κ2) is 8.47. The van der Waals surface area contributed by atoms with E-state index in [1.807, 2.05) is 25.1 Å². The number of aliphatic imine (C=N–C) groups is 1. The summed E-state index contributed by atoms with van der Waals surface area (Å²) in [7, 11) is 0. The van der Waals surface area contributed by atoms with Gasteiger partial charge in [0.25, 0.3) is 0 Å². The van der Waals surface area contributed by atoms with Gasteiger partial charge in [-0.25, -0.2) is 9.38 Å². The first-order valence-electron chi connectivity index (χ1n) is 6.54. The molecule has 2 aromatic rings. The van der Waals surface area contributed by atoms with Gasteiger partial charge in [0.15, 0.2) is 5.96 Å². The van der Waals surface area contributed by atoms with Gasteiger partial charge in [0, 0.05) is 5.69 Å². The Hall–Kier alpha value is -1.15. The molecule has 0 aliphatic heterocycles. The van der Waals surface area contributed by atoms with E-state index < -0.39 is 0 Å². The minimum Gasteiger partial charge on any atom is -0.370 e. The van der Waals surface area contributed by atoms with E-state index in [1.54, 1.807) is 12.1 Å². The number of halogens is 3. The molecule has 2 rings (SSSR count). The summed E-state index contributed by atoms with van der Waals surface area (Å²) in [6.07, 6.45) is 0. The van der Waals surface area contributed by atoms with Crippen LogP contribution < -0.4 is 11.1 Å². The lowest BCUT2D eigenvalue weighted by Crippen LogP contribution is -2.22. The van der Waals surface area contributed by atoms with Crippen LogP contribution in [0.1, 0.15) is 16.7 Å². The molecule has 0 saturated carbocycles. The highest BCUT2D eigenvalue weighted by atomic mass is 127. The van der Waals surface area contributed by atoms with Gasteiger partial charge < -0.3 is 11.1 Å². The van der Waals surface area contributed by atoms with E-state index in [0.717, 1.165) is 11.3 Å². The Balaban J connectivity index is 0.00000242. The lowest BCUT2D eigenvalue weighted by Gasteiger charge is -2.08. The Morgan fingerprint density at radius 1 is 1.18 bits per heavy atom. The lowest BCUT2D eigenvalue weighted by atomic mass is 10.1. The maximum atomic E-state index is 13.4. The van der Waals surface area contributed by atoms with E-state index in [-0.39, 0.29) is 29.8 Å². The molecule has 6 heteroatoms. The van der Waals surface area contributed by atoms with Gasteiger partial charge in [-0.2, -0.15) is 0 Å². The van der Waals surface area contributed by atoms with Gasteiger partial charge in [0.2, 0.25) is 0 Å². The highest BCUT2D eigenvalue weighted by Gasteiger charge is 2.01. The van der Waals surface area contributed by atoms with Crippen molar-refractivity contribution in [3.8, 4) is 0 Å². The predicted molar refractivity (Wildman–Crippen MR) is 104 cm³/mol. The average molecular weight is 478 g/mol. The molecule has 0 unspecified atom stereocenters. The summed E-state index contributed by atoms with van der Waals surface area (Å²) in [4.78, 5) is 4.21. The number of benzene rings is 2. The van der Waals surface area contributed by atoms with Crippen LogP contribution in [0.5, 0.6) is 0 Å². The van der Waals surface area contributed by atoms with Crippen molar-refractivity contribution in [3.63, 3.8) is 0 Å². The van der Waals surface area contributed by atoms with Crippen molar-refractivity contribution in [3.05, 3.63) is 63.4 Å². The van der Waals surface area contributed by atoms with Crippen molar-refractivity contribution in [2.24, 2.45) is 10.7 Å². The molecule has 118 valence electrons. The minimum absolute atomic E-state index is 0. The summed E-state index contributed by atoms with van der Waals surface area (Å²) in [6, 6.07) is 10.9. The zero-order valence-corrected chi connectivity index (χ0v) is 16.3. The van der Waals surface area contributed by atoms with E-state index in [0.29, 0.717) is 17.0 Å². The minimum atomic E-state index is -0.302. The third-order valence-electron chi connectivity index (χ3n) is 3.20. The van der Waals surface area contributed by atoms with Crippen LogP contribution in [0, 0.1) is 19.7 Å². The number of nitrogens with zero attached hydrogens (tertiary/aromatic N) is 1. The van der Waals surface area contributed by atoms with E-state index in [2.05, 4.69) is 33.2 Å². The number of hydrogen-bond acceptors (Lipinski definition) is 1. The summed E-state index contributed by atoms with van der Waals surface area (Å²) in [5.41, 5.74) is 9.91. The van der Waals surface area contributed by atoms with Gasteiger partial charge in [-0.15, -0.1) is 24.0 Å². The molecular weight excluding hydrogens is 460 g/mol. The van der Waals surface area contributed by atoms with E-state index in [9.17, 15) is 4.39 Å². The molecule has 0 atom stereocenters. The molecule has 0 amide bonds. The largest absolute Gasteiger partial charge is 0.370 e. The summed E-state index contributed by atoms with van der Waals surface area (Å²) >= 11 is 3.12. The summed E-state index contributed by atoms with van der Waals surface area (Å²) in [5.74, 6) is 0.00460. The van der Waals surface area contributed by atoms with Crippen molar-refractivity contribution in [2.75, 3.05) is 5.32 Å². The third kappa shape index (κ3) is 5.24. The molecule has 0 aliphatic carbocycles. The number of rotatable bonds is 3. The molecule has 0 saturated heterocycles. The fourth-order valence-electron chi connectivity index (χ4n) is 1.82. The summed E-state index contributed by atoms with van der Waals surface area (Å²) in [6.45, 7) is 4.42. The Labute approximate surface area is 155 Å². The molecular formula is C16H18BrFIN3. The van der Waals surface area contributed by atoms with Crippen LogP contribution in [0.15, 0.2) is 45.9 Å². The molecule has 3 nitrogen and oxygen atoms in total. The first kappa shape index (κ1) is 18.9. The molecule has 0 aromatic heterocycles. The van der Waals surface area contributed by atoms with Crippen molar-refractivity contribution < 1.29 is 4.39 Å². The molecule has 0 heterocycles. The highest BCUT2D eigenvalue weighted by Crippen LogP contribution is 2.17. The lowest BCUT2D eigenvalue weighted by molar-refractivity contribution is 0.619. The summed E-state index contributed by atoms with van der Waals surface area (Å²) < 4.78 is 13.8. The van der Waals surface area contributed by atoms with Crippen LogP contribution in [0.4, 0.5) is 10.1 Å². The smallest absolute Gasteiger partial charge is 0.193 e. The van der Waals surface area contributed by atoms with Crippen LogP contribution in [-0.4, -0.2) is 5.96 Å². The standard InChI is InChI=1S/C16H17BrFN3.HI/c1-10-3-5-13(7-11(10)2)21-16(19)20-9-12-4-6-14(17)15(18)8-12;/h3-8H,9H2,1-2H3,(H3,19,20,21);1H. The van der Waals surface area contributed by atoms with Crippen LogP contribution in [-0.2, 0) is 6.54 Å². The highest BCUT2D eigenvalue weighted by molar-refractivity contribution is 14.0. The third-order valence-corrected chi connectivity index (χ3v) is 3.84. The molecule has 0 spiro atoms. The summed E-state index contributed by atoms with van der Waals surface area (Å²) in [5, 5.41) is 3.03. The quantitative estimate of drug-likeness (QED) is 0.380. The monoisotopic (exact) mass is 477 g/mol. The van der Waals surface area contributed by atoms with Gasteiger partial charge >= 0.3 is 0 Å². The average Bonchev–Trinajstić information content (AvgIpc) is 2.44. The van der Waals surface area contributed by atoms with Crippen LogP contribution in [0.3, 0.4) is 0 Å². The predicted octanol–water partition coefficient (Wildman–Crippen LogP) is 4.75. The maximum absolute atomic E-state index is 13.4. The maximum Gasteiger partial charge on any atom is 0.193 e. The van der Waals surface area contributed by atoms with Crippen molar-refractivity contribution in [1.82, 2.24) is 0 Å². The van der Waals surface area contributed by atoms with E-state index in [4.69, 9.17) is 5.73 Å². The molecule has 0 aliphatic rings. The van der Waals surface area contributed by atoms with Gasteiger partial charge in [-0.1, -0.05) is 12.1 Å². The molecule has 0 fully saturated rings. The molecule has 3 N–H and O–H groups in total. The first-order chi connectivity index (χ1) is 9.95.